The SMILES string of the molecule is CN(CCOC(=O)c1cc([N+](=O)[O-])cc([N+](=O)[O-])c1)c1ccc(S(=O)(=O)C(F)(F)C(F)(F)C(F)(F)C(F)(F)C(F)(F)C(F)(F)C(F)(F)C(F)(F)F)cc1. The van der Waals surface area contributed by atoms with Crippen LogP contribution in [0.2, 0.25) is 0 Å². The number of ether oxygens (including phenoxy) is 1. The van der Waals surface area contributed by atoms with Crippen molar-refractivity contribution in [2.45, 2.75) is 51.9 Å². The third-order valence-corrected chi connectivity index (χ3v) is 8.66. The van der Waals surface area contributed by atoms with Gasteiger partial charge in [-0.2, -0.15) is 74.6 Å². The predicted octanol–water partition coefficient (Wildman–Crippen LogP) is 7.54. The second-order valence-corrected chi connectivity index (χ2v) is 12.3. The van der Waals surface area contributed by atoms with E-state index in [0.717, 1.165) is 11.9 Å². The molecule has 0 radical (unpaired) electrons. The molecule has 0 bridgehead atoms. The number of sulfone groups is 1. The van der Waals surface area contributed by atoms with Gasteiger partial charge in [-0.25, -0.2) is 13.2 Å². The third-order valence-electron chi connectivity index (χ3n) is 6.84. The van der Waals surface area contributed by atoms with E-state index in [9.17, 15) is 108 Å². The van der Waals surface area contributed by atoms with Crippen molar-refractivity contribution in [2.24, 2.45) is 0 Å². The van der Waals surface area contributed by atoms with Crippen LogP contribution in [0.5, 0.6) is 0 Å². The highest BCUT2D eigenvalue weighted by Crippen LogP contribution is 2.64. The predicted molar refractivity (Wildman–Crippen MR) is 138 cm³/mol. The number of halogens is 17. The van der Waals surface area contributed by atoms with Crippen LogP contribution in [0.15, 0.2) is 47.4 Å². The summed E-state index contributed by atoms with van der Waals surface area (Å²) >= 11 is 0. The average Bonchev–Trinajstić information content (AvgIpc) is 3.03. The Bertz CT molecular complexity index is 1820. The van der Waals surface area contributed by atoms with Crippen molar-refractivity contribution in [1.29, 1.82) is 0 Å². The van der Waals surface area contributed by atoms with Crippen LogP contribution in [0.1, 0.15) is 10.4 Å². The molecule has 0 heterocycles. The number of hydrogen-bond acceptors (Lipinski definition) is 9. The van der Waals surface area contributed by atoms with Crippen LogP contribution in [-0.4, -0.2) is 91.4 Å². The fraction of sp³-hybridized carbons (Fsp3) is 0.458. The Labute approximate surface area is 281 Å². The molecule has 0 aliphatic rings. The highest BCUT2D eigenvalue weighted by atomic mass is 32.2. The zero-order chi connectivity index (χ0) is 41.8. The molecule has 11 nitrogen and oxygen atoms in total. The molecule has 0 saturated heterocycles. The first kappa shape index (κ1) is 44.4. The van der Waals surface area contributed by atoms with Crippen LogP contribution in [0, 0.1) is 20.2 Å². The maximum absolute atomic E-state index is 14.5. The van der Waals surface area contributed by atoms with Gasteiger partial charge in [0, 0.05) is 24.9 Å². The molecule has 298 valence electrons. The highest BCUT2D eigenvalue weighted by molar-refractivity contribution is 7.92. The minimum atomic E-state index is -8.97. The Morgan fingerprint density at radius 2 is 1.04 bits per heavy atom. The van der Waals surface area contributed by atoms with E-state index in [4.69, 9.17) is 4.74 Å². The Hall–Kier alpha value is -4.73. The lowest BCUT2D eigenvalue weighted by Gasteiger charge is -2.42. The van der Waals surface area contributed by atoms with Crippen molar-refractivity contribution in [2.75, 3.05) is 25.1 Å². The zero-order valence-electron chi connectivity index (χ0n) is 24.9. The summed E-state index contributed by atoms with van der Waals surface area (Å²) in [6, 6.07) is 2.16. The molecule has 29 heteroatoms. The van der Waals surface area contributed by atoms with E-state index < -0.39 is 108 Å². The molecule has 53 heavy (non-hydrogen) atoms. The minimum Gasteiger partial charge on any atom is -0.460 e. The topological polar surface area (TPSA) is 150 Å². The van der Waals surface area contributed by atoms with Gasteiger partial charge in [0.25, 0.3) is 11.4 Å². The van der Waals surface area contributed by atoms with Crippen molar-refractivity contribution in [1.82, 2.24) is 0 Å². The average molecular weight is 827 g/mol. The van der Waals surface area contributed by atoms with E-state index >= 15 is 0 Å². The second-order valence-electron chi connectivity index (χ2n) is 10.3. The third kappa shape index (κ3) is 7.04. The first-order chi connectivity index (χ1) is 23.5. The molecule has 0 unspecified atom stereocenters. The standard InChI is InChI=1S/C24H14F17N3O8S/c1-42(6-7-52-16(45)11-8-13(43(46)47)10-14(9-11)44(48)49)12-2-4-15(5-3-12)53(50,51)24(40,41)22(35,36)20(31,32)18(27,28)17(25,26)19(29,30)21(33,34)23(37,38)39/h2-5,8-10H,6-7H2,1H3. The summed E-state index contributed by atoms with van der Waals surface area (Å²) in [4.78, 5) is 30.6. The molecule has 0 saturated carbocycles. The Balaban J connectivity index is 2.36. The normalized spacial score (nSPS) is 14.2. The highest BCUT2D eigenvalue weighted by Gasteiger charge is 2.96. The van der Waals surface area contributed by atoms with E-state index in [1.807, 2.05) is 0 Å². The molecule has 0 spiro atoms. The molecule has 0 N–H and O–H groups in total. The van der Waals surface area contributed by atoms with Crippen LogP contribution < -0.4 is 4.90 Å². The van der Waals surface area contributed by atoms with Crippen LogP contribution in [-0.2, 0) is 14.6 Å². The first-order valence-corrected chi connectivity index (χ1v) is 14.4. The monoisotopic (exact) mass is 827 g/mol. The Kier molecular flexibility index (Phi) is 11.4. The van der Waals surface area contributed by atoms with E-state index in [2.05, 4.69) is 0 Å². The lowest BCUT2D eigenvalue weighted by molar-refractivity contribution is -0.458. The number of non-ortho nitro benzene ring substituents is 2. The van der Waals surface area contributed by atoms with Crippen molar-refractivity contribution in [3.05, 3.63) is 68.3 Å². The number of carbonyl (C=O) groups is 1. The van der Waals surface area contributed by atoms with Crippen molar-refractivity contribution >= 4 is 32.9 Å². The Morgan fingerprint density at radius 3 is 1.42 bits per heavy atom. The summed E-state index contributed by atoms with van der Waals surface area (Å²) < 4.78 is 260. The largest absolute Gasteiger partial charge is 0.460 e. The van der Waals surface area contributed by atoms with Crippen molar-refractivity contribution < 1.29 is 102 Å². The van der Waals surface area contributed by atoms with Crippen molar-refractivity contribution in [3.8, 4) is 0 Å². The molecule has 0 fully saturated rings. The number of nitro groups is 2. The van der Waals surface area contributed by atoms with Gasteiger partial charge in [0.2, 0.25) is 9.84 Å². The molecule has 2 aromatic carbocycles. The molecule has 0 aliphatic heterocycles. The van der Waals surface area contributed by atoms with Gasteiger partial charge in [-0.1, -0.05) is 0 Å². The fourth-order valence-electron chi connectivity index (χ4n) is 3.76. The first-order valence-electron chi connectivity index (χ1n) is 12.9. The smallest absolute Gasteiger partial charge is 0.460 e. The fourth-order valence-corrected chi connectivity index (χ4v) is 5.01. The number of rotatable bonds is 15. The molecule has 0 aromatic heterocycles. The summed E-state index contributed by atoms with van der Waals surface area (Å²) in [5.74, 6) is -53.7. The molecule has 2 aromatic rings. The molecule has 2 rings (SSSR count). The summed E-state index contributed by atoms with van der Waals surface area (Å²) in [5, 5.41) is 14.2. The second kappa shape index (κ2) is 13.6. The number of carbonyl (C=O) groups excluding carboxylic acids is 1. The van der Waals surface area contributed by atoms with Crippen LogP contribution in [0.25, 0.3) is 0 Å². The van der Waals surface area contributed by atoms with Gasteiger partial charge < -0.3 is 9.64 Å². The number of benzene rings is 2. The summed E-state index contributed by atoms with van der Waals surface area (Å²) in [6.07, 6.45) is -7.95. The van der Waals surface area contributed by atoms with E-state index in [1.54, 1.807) is 0 Å². The van der Waals surface area contributed by atoms with Gasteiger partial charge >= 0.3 is 52.9 Å². The maximum Gasteiger partial charge on any atom is 0.460 e. The van der Waals surface area contributed by atoms with E-state index in [-0.39, 0.29) is 17.8 Å². The van der Waals surface area contributed by atoms with Gasteiger partial charge in [-0.3, -0.25) is 20.2 Å². The summed E-state index contributed by atoms with van der Waals surface area (Å²) in [7, 11) is -6.49. The van der Waals surface area contributed by atoms with Crippen LogP contribution in [0.3, 0.4) is 0 Å². The number of likely N-dealkylation sites (N-methyl/N-ethyl adjacent to an activating group) is 1. The maximum atomic E-state index is 14.5. The number of alkyl halides is 17. The zero-order valence-corrected chi connectivity index (χ0v) is 25.7. The van der Waals surface area contributed by atoms with Gasteiger partial charge in [0.1, 0.15) is 6.61 Å². The van der Waals surface area contributed by atoms with Crippen molar-refractivity contribution in [3.63, 3.8) is 0 Å². The molecule has 0 atom stereocenters. The minimum absolute atomic E-state index is 0.137. The molecular formula is C24H14F17N3O8S. The molecular weight excluding hydrogens is 813 g/mol. The number of esters is 1. The lowest BCUT2D eigenvalue weighted by Crippen LogP contribution is -2.75. The van der Waals surface area contributed by atoms with E-state index in [0.29, 0.717) is 30.3 Å². The van der Waals surface area contributed by atoms with Crippen LogP contribution in [0.4, 0.5) is 91.7 Å². The number of anilines is 1. The van der Waals surface area contributed by atoms with Gasteiger partial charge in [-0.05, 0) is 24.3 Å². The molecule has 0 amide bonds. The summed E-state index contributed by atoms with van der Waals surface area (Å²) in [6.45, 7) is -1.23. The Morgan fingerprint density at radius 1 is 0.660 bits per heavy atom. The van der Waals surface area contributed by atoms with Gasteiger partial charge in [0.15, 0.2) is 0 Å². The number of nitrogens with zero attached hydrogens (tertiary/aromatic N) is 3. The van der Waals surface area contributed by atoms with Crippen LogP contribution >= 0.6 is 0 Å². The summed E-state index contributed by atoms with van der Waals surface area (Å²) in [5.41, 5.74) is -2.86. The van der Waals surface area contributed by atoms with Gasteiger partial charge in [-0.15, -0.1) is 0 Å². The number of hydrogen-bond donors (Lipinski definition) is 0. The van der Waals surface area contributed by atoms with Gasteiger partial charge in [0.05, 0.1) is 32.9 Å². The lowest BCUT2D eigenvalue weighted by atomic mass is 9.91. The number of nitro benzene ring substituents is 2. The molecule has 0 aliphatic carbocycles. The quantitative estimate of drug-likeness (QED) is 0.0769. The van der Waals surface area contributed by atoms with E-state index in [1.165, 1.54) is 0 Å².